The van der Waals surface area contributed by atoms with Crippen molar-refractivity contribution in [1.29, 1.82) is 0 Å². The monoisotopic (exact) mass is 459 g/mol. The number of nitrogens with one attached hydrogen (secondary N) is 2. The standard InChI is InChI=1S/C10H8FN5O.C7H14N2O.C6H12/c1-15-4-6(2-12-15)8-5-16-9(10(17)14-8)7(11)3-13-16;1-8-7(10)5-4-6-9(2)3;1-2-4-6-5-3-1/h2-5H,1H3,(H,14,17);4-5H,6H2,1-3H3,(H,8,10);1-6H2/b;5-4+;. The van der Waals surface area contributed by atoms with Gasteiger partial charge in [-0.1, -0.05) is 44.6 Å². The van der Waals surface area contributed by atoms with Crippen LogP contribution in [0.4, 0.5) is 4.39 Å². The van der Waals surface area contributed by atoms with Crippen molar-refractivity contribution in [2.45, 2.75) is 38.5 Å². The molecule has 0 saturated heterocycles. The Balaban J connectivity index is 0.000000204. The van der Waals surface area contributed by atoms with Crippen molar-refractivity contribution in [2.75, 3.05) is 27.7 Å². The number of nitrogens with zero attached hydrogens (tertiary/aromatic N) is 5. The summed E-state index contributed by atoms with van der Waals surface area (Å²) < 4.78 is 16.1. The first-order chi connectivity index (χ1) is 15.8. The molecule has 33 heavy (non-hydrogen) atoms. The molecular formula is C23H34FN7O2. The van der Waals surface area contributed by atoms with E-state index in [1.807, 2.05) is 25.1 Å². The minimum atomic E-state index is -0.635. The Labute approximate surface area is 193 Å². The zero-order valence-corrected chi connectivity index (χ0v) is 19.8. The van der Waals surface area contributed by atoms with Crippen molar-refractivity contribution in [1.82, 2.24) is 34.6 Å². The smallest absolute Gasteiger partial charge is 0.277 e. The number of amides is 1. The summed E-state index contributed by atoms with van der Waals surface area (Å²) in [6.45, 7) is 0.799. The molecule has 9 nitrogen and oxygen atoms in total. The zero-order chi connectivity index (χ0) is 24.2. The Hall–Kier alpha value is -3.27. The number of aromatic amines is 1. The SMILES string of the molecule is C1CCCCC1.CNC(=O)/C=C/CN(C)C.Cn1cc(-c2cn3ncc(F)c3c(=O)[nH]2)cn1. The number of aryl methyl sites for hydroxylation is 1. The van der Waals surface area contributed by atoms with E-state index in [1.165, 1.54) is 49.1 Å². The fourth-order valence-corrected chi connectivity index (χ4v) is 3.21. The number of hydrogen-bond acceptors (Lipinski definition) is 5. The molecule has 0 bridgehead atoms. The average molecular weight is 460 g/mol. The summed E-state index contributed by atoms with van der Waals surface area (Å²) in [7, 11) is 7.29. The van der Waals surface area contributed by atoms with E-state index in [0.29, 0.717) is 5.69 Å². The van der Waals surface area contributed by atoms with E-state index in [4.69, 9.17) is 0 Å². The summed E-state index contributed by atoms with van der Waals surface area (Å²) in [6, 6.07) is 0. The summed E-state index contributed by atoms with van der Waals surface area (Å²) in [4.78, 5) is 26.8. The van der Waals surface area contributed by atoms with Crippen LogP contribution in [0.1, 0.15) is 38.5 Å². The van der Waals surface area contributed by atoms with E-state index >= 15 is 0 Å². The van der Waals surface area contributed by atoms with Crippen LogP contribution in [-0.2, 0) is 11.8 Å². The molecular weight excluding hydrogens is 425 g/mol. The second-order valence-electron chi connectivity index (χ2n) is 8.09. The van der Waals surface area contributed by atoms with Gasteiger partial charge in [-0.3, -0.25) is 14.3 Å². The summed E-state index contributed by atoms with van der Waals surface area (Å²) in [5, 5.41) is 10.3. The van der Waals surface area contributed by atoms with Crippen LogP contribution in [0.2, 0.25) is 0 Å². The third kappa shape index (κ3) is 8.64. The van der Waals surface area contributed by atoms with Crippen LogP contribution in [-0.4, -0.2) is 62.9 Å². The number of rotatable bonds is 4. The van der Waals surface area contributed by atoms with Gasteiger partial charge in [0.05, 0.1) is 24.3 Å². The molecule has 0 spiro atoms. The molecule has 4 rings (SSSR count). The van der Waals surface area contributed by atoms with Crippen LogP contribution in [0.15, 0.2) is 41.7 Å². The van der Waals surface area contributed by atoms with Gasteiger partial charge in [-0.05, 0) is 14.1 Å². The largest absolute Gasteiger partial charge is 0.356 e. The van der Waals surface area contributed by atoms with Crippen molar-refractivity contribution >= 4 is 11.4 Å². The lowest BCUT2D eigenvalue weighted by atomic mass is 10.0. The minimum Gasteiger partial charge on any atom is -0.356 e. The third-order valence-corrected chi connectivity index (χ3v) is 4.97. The molecule has 0 radical (unpaired) electrons. The van der Waals surface area contributed by atoms with Crippen molar-refractivity contribution in [3.63, 3.8) is 0 Å². The van der Waals surface area contributed by atoms with E-state index in [2.05, 4.69) is 20.5 Å². The lowest BCUT2D eigenvalue weighted by molar-refractivity contribution is -0.116. The van der Waals surface area contributed by atoms with Crippen molar-refractivity contribution < 1.29 is 9.18 Å². The molecule has 10 heteroatoms. The molecule has 3 aromatic rings. The van der Waals surface area contributed by atoms with Crippen LogP contribution in [0.5, 0.6) is 0 Å². The van der Waals surface area contributed by atoms with Gasteiger partial charge < -0.3 is 15.2 Å². The number of carbonyl (C=O) groups is 1. The molecule has 180 valence electrons. The second-order valence-corrected chi connectivity index (χ2v) is 8.09. The topological polar surface area (TPSA) is 100 Å². The second kappa shape index (κ2) is 13.3. The Bertz CT molecular complexity index is 1080. The van der Waals surface area contributed by atoms with E-state index in [0.717, 1.165) is 18.3 Å². The molecule has 0 unspecified atom stereocenters. The summed E-state index contributed by atoms with van der Waals surface area (Å²) in [6.07, 6.45) is 18.3. The number of fused-ring (bicyclic) bond motifs is 1. The van der Waals surface area contributed by atoms with Crippen LogP contribution >= 0.6 is 0 Å². The Morgan fingerprint density at radius 2 is 1.79 bits per heavy atom. The van der Waals surface area contributed by atoms with Crippen molar-refractivity contribution in [2.24, 2.45) is 7.05 Å². The molecule has 3 heterocycles. The number of carbonyl (C=O) groups excluding carboxylic acids is 1. The highest BCUT2D eigenvalue weighted by atomic mass is 19.1. The van der Waals surface area contributed by atoms with Gasteiger partial charge in [0, 0.05) is 38.5 Å². The molecule has 0 aliphatic heterocycles. The first-order valence-corrected chi connectivity index (χ1v) is 11.1. The van der Waals surface area contributed by atoms with Crippen LogP contribution < -0.4 is 10.9 Å². The van der Waals surface area contributed by atoms with Gasteiger partial charge >= 0.3 is 0 Å². The highest BCUT2D eigenvalue weighted by Crippen LogP contribution is 2.15. The lowest BCUT2D eigenvalue weighted by Gasteiger charge is -2.05. The normalized spacial score (nSPS) is 13.4. The van der Waals surface area contributed by atoms with Gasteiger partial charge in [-0.2, -0.15) is 10.2 Å². The third-order valence-electron chi connectivity index (χ3n) is 4.97. The van der Waals surface area contributed by atoms with Gasteiger partial charge in [0.15, 0.2) is 11.3 Å². The molecule has 0 aromatic carbocycles. The quantitative estimate of drug-likeness (QED) is 0.585. The highest BCUT2D eigenvalue weighted by Gasteiger charge is 2.10. The van der Waals surface area contributed by atoms with E-state index in [-0.39, 0.29) is 11.4 Å². The molecule has 3 aromatic heterocycles. The Morgan fingerprint density at radius 1 is 1.15 bits per heavy atom. The fraction of sp³-hybridized carbons (Fsp3) is 0.478. The predicted molar refractivity (Wildman–Crippen MR) is 127 cm³/mol. The number of aromatic nitrogens is 5. The predicted octanol–water partition coefficient (Wildman–Crippen LogP) is 2.75. The van der Waals surface area contributed by atoms with Crippen molar-refractivity contribution in [3.05, 3.63) is 53.1 Å². The van der Waals surface area contributed by atoms with Crippen molar-refractivity contribution in [3.8, 4) is 11.3 Å². The van der Waals surface area contributed by atoms with E-state index < -0.39 is 11.4 Å². The number of halogens is 1. The van der Waals surface area contributed by atoms with Crippen LogP contribution in [0.25, 0.3) is 16.8 Å². The molecule has 1 fully saturated rings. The molecule has 0 atom stereocenters. The Morgan fingerprint density at radius 3 is 2.30 bits per heavy atom. The van der Waals surface area contributed by atoms with E-state index in [1.54, 1.807) is 37.4 Å². The van der Waals surface area contributed by atoms with Gasteiger partial charge in [-0.25, -0.2) is 8.91 Å². The fourth-order valence-electron chi connectivity index (χ4n) is 3.21. The molecule has 2 N–H and O–H groups in total. The zero-order valence-electron chi connectivity index (χ0n) is 19.8. The van der Waals surface area contributed by atoms with Crippen LogP contribution in [0.3, 0.4) is 0 Å². The number of hydrogen-bond donors (Lipinski definition) is 2. The first-order valence-electron chi connectivity index (χ1n) is 11.1. The highest BCUT2D eigenvalue weighted by molar-refractivity contribution is 5.87. The maximum absolute atomic E-state index is 13.2. The maximum Gasteiger partial charge on any atom is 0.277 e. The molecule has 1 saturated carbocycles. The maximum atomic E-state index is 13.2. The minimum absolute atomic E-state index is 0.0538. The van der Waals surface area contributed by atoms with Crippen LogP contribution in [0, 0.1) is 5.82 Å². The Kier molecular flexibility index (Phi) is 10.5. The number of H-pyrrole nitrogens is 1. The summed E-state index contributed by atoms with van der Waals surface area (Å²) in [5.74, 6) is -0.689. The molecule has 1 amide bonds. The molecule has 1 aliphatic carbocycles. The number of likely N-dealkylation sites (N-methyl/N-ethyl adjacent to an activating group) is 2. The first kappa shape index (κ1) is 26.0. The van der Waals surface area contributed by atoms with Gasteiger partial charge in [-0.15, -0.1) is 0 Å². The van der Waals surface area contributed by atoms with E-state index in [9.17, 15) is 14.0 Å². The molecule has 1 aliphatic rings. The lowest BCUT2D eigenvalue weighted by Crippen LogP contribution is -2.16. The van der Waals surface area contributed by atoms with Gasteiger partial charge in [0.2, 0.25) is 5.91 Å². The van der Waals surface area contributed by atoms with Gasteiger partial charge in [0.25, 0.3) is 5.56 Å². The van der Waals surface area contributed by atoms with Gasteiger partial charge in [0.1, 0.15) is 0 Å². The summed E-state index contributed by atoms with van der Waals surface area (Å²) in [5.41, 5.74) is 0.681. The average Bonchev–Trinajstić information content (AvgIpc) is 3.41. The summed E-state index contributed by atoms with van der Waals surface area (Å²) >= 11 is 0.